The molecule has 0 aliphatic rings. The van der Waals surface area contributed by atoms with Crippen LogP contribution in [0.15, 0.2) is 22.7 Å². The van der Waals surface area contributed by atoms with Crippen LogP contribution in [0.5, 0.6) is 0 Å². The van der Waals surface area contributed by atoms with E-state index in [9.17, 15) is 9.59 Å². The summed E-state index contributed by atoms with van der Waals surface area (Å²) in [7, 11) is 3.93. The minimum Gasteiger partial charge on any atom is -0.478 e. The van der Waals surface area contributed by atoms with Crippen molar-refractivity contribution in [3.8, 4) is 0 Å². The average molecular weight is 344 g/mol. The molecule has 7 heteroatoms. The Labute approximate surface area is 126 Å². The highest BCUT2D eigenvalue weighted by atomic mass is 79.9. The van der Waals surface area contributed by atoms with Crippen LogP contribution in [0.4, 0.5) is 10.5 Å². The number of anilines is 1. The molecule has 6 nitrogen and oxygen atoms in total. The molecule has 0 aromatic heterocycles. The summed E-state index contributed by atoms with van der Waals surface area (Å²) < 4.78 is 0.598. The monoisotopic (exact) mass is 343 g/mol. The highest BCUT2D eigenvalue weighted by Crippen LogP contribution is 2.19. The van der Waals surface area contributed by atoms with Gasteiger partial charge in [-0.05, 0) is 45.3 Å². The van der Waals surface area contributed by atoms with Crippen LogP contribution in [0.1, 0.15) is 16.8 Å². The molecule has 0 saturated heterocycles. The number of hydrogen-bond donors (Lipinski definition) is 3. The number of carbonyl (C=O) groups is 2. The molecule has 1 rings (SSSR count). The molecule has 0 fully saturated rings. The Bertz CT molecular complexity index is 492. The van der Waals surface area contributed by atoms with E-state index in [4.69, 9.17) is 5.11 Å². The Morgan fingerprint density at radius 2 is 2.00 bits per heavy atom. The number of amides is 2. The molecule has 110 valence electrons. The Kier molecular flexibility index (Phi) is 6.47. The van der Waals surface area contributed by atoms with Gasteiger partial charge >= 0.3 is 12.0 Å². The van der Waals surface area contributed by atoms with Crippen molar-refractivity contribution in [1.29, 1.82) is 0 Å². The normalized spacial score (nSPS) is 10.4. The Morgan fingerprint density at radius 1 is 1.30 bits per heavy atom. The van der Waals surface area contributed by atoms with Crippen molar-refractivity contribution in [3.05, 3.63) is 28.2 Å². The van der Waals surface area contributed by atoms with Crippen LogP contribution in [0.25, 0.3) is 0 Å². The van der Waals surface area contributed by atoms with Gasteiger partial charge < -0.3 is 20.6 Å². The van der Waals surface area contributed by atoms with Gasteiger partial charge in [-0.2, -0.15) is 0 Å². The zero-order valence-electron chi connectivity index (χ0n) is 11.4. The molecule has 0 spiro atoms. The molecule has 0 bridgehead atoms. The van der Waals surface area contributed by atoms with Crippen LogP contribution < -0.4 is 10.6 Å². The molecular formula is C13H18BrN3O3. The van der Waals surface area contributed by atoms with E-state index in [0.29, 0.717) is 16.7 Å². The summed E-state index contributed by atoms with van der Waals surface area (Å²) in [6.45, 7) is 1.45. The van der Waals surface area contributed by atoms with Gasteiger partial charge in [-0.3, -0.25) is 0 Å². The van der Waals surface area contributed by atoms with Crippen molar-refractivity contribution in [2.45, 2.75) is 6.42 Å². The van der Waals surface area contributed by atoms with Gasteiger partial charge in [0.05, 0.1) is 5.56 Å². The van der Waals surface area contributed by atoms with Gasteiger partial charge in [-0.1, -0.05) is 15.9 Å². The summed E-state index contributed by atoms with van der Waals surface area (Å²) in [6, 6.07) is 4.18. The van der Waals surface area contributed by atoms with E-state index in [1.807, 2.05) is 19.0 Å². The maximum Gasteiger partial charge on any atom is 0.335 e. The van der Waals surface area contributed by atoms with Crippen LogP contribution >= 0.6 is 15.9 Å². The van der Waals surface area contributed by atoms with Gasteiger partial charge in [-0.15, -0.1) is 0 Å². The number of rotatable bonds is 6. The lowest BCUT2D eigenvalue weighted by Gasteiger charge is -2.11. The lowest BCUT2D eigenvalue weighted by molar-refractivity contribution is 0.0697. The lowest BCUT2D eigenvalue weighted by Crippen LogP contribution is -2.31. The van der Waals surface area contributed by atoms with Crippen molar-refractivity contribution < 1.29 is 14.7 Å². The number of urea groups is 1. The summed E-state index contributed by atoms with van der Waals surface area (Å²) >= 11 is 3.21. The minimum absolute atomic E-state index is 0.113. The number of nitrogens with zero attached hydrogens (tertiary/aromatic N) is 1. The second-order valence-corrected chi connectivity index (χ2v) is 5.49. The van der Waals surface area contributed by atoms with Crippen LogP contribution in [0.2, 0.25) is 0 Å². The SMILES string of the molecule is CN(C)CCCNC(=O)Nc1cc(Br)cc(C(=O)O)c1. The predicted molar refractivity (Wildman–Crippen MR) is 81.3 cm³/mol. The van der Waals surface area contributed by atoms with E-state index >= 15 is 0 Å². The topological polar surface area (TPSA) is 81.7 Å². The van der Waals surface area contributed by atoms with Gasteiger partial charge in [0.1, 0.15) is 0 Å². The van der Waals surface area contributed by atoms with E-state index in [0.717, 1.165) is 13.0 Å². The number of carbonyl (C=O) groups excluding carboxylic acids is 1. The number of hydrogen-bond acceptors (Lipinski definition) is 3. The first-order valence-corrected chi connectivity index (χ1v) is 6.91. The quantitative estimate of drug-likeness (QED) is 0.691. The second-order valence-electron chi connectivity index (χ2n) is 4.57. The molecule has 0 aliphatic heterocycles. The Balaban J connectivity index is 2.51. The van der Waals surface area contributed by atoms with Gasteiger partial charge in [-0.25, -0.2) is 9.59 Å². The van der Waals surface area contributed by atoms with Crippen LogP contribution in [0.3, 0.4) is 0 Å². The average Bonchev–Trinajstić information content (AvgIpc) is 2.33. The van der Waals surface area contributed by atoms with Gasteiger partial charge in [0.2, 0.25) is 0 Å². The van der Waals surface area contributed by atoms with Crippen LogP contribution in [0, 0.1) is 0 Å². The fourth-order valence-electron chi connectivity index (χ4n) is 1.56. The summed E-state index contributed by atoms with van der Waals surface area (Å²) in [5, 5.41) is 14.3. The molecule has 0 aliphatic carbocycles. The fourth-order valence-corrected chi connectivity index (χ4v) is 2.05. The smallest absolute Gasteiger partial charge is 0.335 e. The number of benzene rings is 1. The molecule has 0 unspecified atom stereocenters. The first-order chi connectivity index (χ1) is 9.38. The second kappa shape index (κ2) is 7.86. The summed E-state index contributed by atoms with van der Waals surface area (Å²) in [5.41, 5.74) is 0.546. The Hall–Kier alpha value is -1.60. The van der Waals surface area contributed by atoms with Crippen LogP contribution in [-0.2, 0) is 0 Å². The first-order valence-electron chi connectivity index (χ1n) is 6.12. The molecule has 0 radical (unpaired) electrons. The van der Waals surface area contributed by atoms with E-state index in [1.54, 1.807) is 6.07 Å². The molecule has 0 heterocycles. The van der Waals surface area contributed by atoms with Crippen molar-refractivity contribution in [2.24, 2.45) is 0 Å². The summed E-state index contributed by atoms with van der Waals surface area (Å²) in [6.07, 6.45) is 0.847. The van der Waals surface area contributed by atoms with Gasteiger partial charge in [0.15, 0.2) is 0 Å². The first kappa shape index (κ1) is 16.5. The number of carboxylic acid groups (broad SMARTS) is 1. The van der Waals surface area contributed by atoms with Crippen molar-refractivity contribution in [3.63, 3.8) is 0 Å². The molecule has 3 N–H and O–H groups in total. The molecule has 0 atom stereocenters. The van der Waals surface area contributed by atoms with Crippen molar-refractivity contribution in [2.75, 3.05) is 32.5 Å². The number of nitrogens with one attached hydrogen (secondary N) is 2. The highest BCUT2D eigenvalue weighted by molar-refractivity contribution is 9.10. The largest absolute Gasteiger partial charge is 0.478 e. The van der Waals surface area contributed by atoms with E-state index in [-0.39, 0.29) is 11.6 Å². The third kappa shape index (κ3) is 6.03. The highest BCUT2D eigenvalue weighted by Gasteiger charge is 2.08. The number of carboxylic acids is 1. The number of aromatic carboxylic acids is 1. The van der Waals surface area contributed by atoms with Crippen molar-refractivity contribution in [1.82, 2.24) is 10.2 Å². The molecule has 1 aromatic rings. The minimum atomic E-state index is -1.04. The zero-order valence-corrected chi connectivity index (χ0v) is 13.0. The van der Waals surface area contributed by atoms with E-state index in [2.05, 4.69) is 26.6 Å². The zero-order chi connectivity index (χ0) is 15.1. The van der Waals surface area contributed by atoms with E-state index in [1.165, 1.54) is 12.1 Å². The third-order valence-electron chi connectivity index (χ3n) is 2.47. The van der Waals surface area contributed by atoms with Crippen LogP contribution in [-0.4, -0.2) is 49.2 Å². The maximum atomic E-state index is 11.7. The number of halogens is 1. The molecule has 20 heavy (non-hydrogen) atoms. The summed E-state index contributed by atoms with van der Waals surface area (Å²) in [5.74, 6) is -1.04. The standard InChI is InChI=1S/C13H18BrN3O3/c1-17(2)5-3-4-15-13(20)16-11-7-9(12(18)19)6-10(14)8-11/h6-8H,3-5H2,1-2H3,(H,18,19)(H2,15,16,20). The third-order valence-corrected chi connectivity index (χ3v) is 2.93. The van der Waals surface area contributed by atoms with Crippen molar-refractivity contribution >= 4 is 33.6 Å². The maximum absolute atomic E-state index is 11.7. The molecule has 1 aromatic carbocycles. The molecular weight excluding hydrogens is 326 g/mol. The van der Waals surface area contributed by atoms with E-state index < -0.39 is 5.97 Å². The van der Waals surface area contributed by atoms with Gasteiger partial charge in [0.25, 0.3) is 0 Å². The fraction of sp³-hybridized carbons (Fsp3) is 0.385. The Morgan fingerprint density at radius 3 is 2.60 bits per heavy atom. The predicted octanol–water partition coefficient (Wildman–Crippen LogP) is 2.22. The lowest BCUT2D eigenvalue weighted by atomic mass is 10.2. The molecule has 0 saturated carbocycles. The summed E-state index contributed by atoms with van der Waals surface area (Å²) in [4.78, 5) is 24.6. The molecule has 2 amide bonds. The van der Waals surface area contributed by atoms with Gasteiger partial charge in [0, 0.05) is 16.7 Å².